The minimum atomic E-state index is -4.68. The van der Waals surface area contributed by atoms with Crippen LogP contribution in [-0.2, 0) is 15.7 Å². The van der Waals surface area contributed by atoms with E-state index in [9.17, 15) is 22.8 Å². The molecule has 0 aromatic carbocycles. The van der Waals surface area contributed by atoms with E-state index in [0.717, 1.165) is 18.7 Å². The van der Waals surface area contributed by atoms with Crippen LogP contribution in [0.2, 0.25) is 0 Å². The maximum Gasteiger partial charge on any atom is 0.433 e. The topological polar surface area (TPSA) is 115 Å². The van der Waals surface area contributed by atoms with Gasteiger partial charge in [0.05, 0.1) is 17.8 Å². The Morgan fingerprint density at radius 3 is 2.39 bits per heavy atom. The van der Waals surface area contributed by atoms with Crippen LogP contribution >= 0.6 is 0 Å². The third-order valence-electron chi connectivity index (χ3n) is 6.41. The summed E-state index contributed by atoms with van der Waals surface area (Å²) in [6.45, 7) is 12.2. The van der Waals surface area contributed by atoms with Gasteiger partial charge in [0, 0.05) is 50.2 Å². The molecule has 0 radical (unpaired) electrons. The molecule has 1 aromatic rings. The maximum atomic E-state index is 13.5. The fraction of sp³-hybridized carbons (Fsp3) is 0.640. The van der Waals surface area contributed by atoms with Gasteiger partial charge in [0.2, 0.25) is 11.9 Å². The summed E-state index contributed by atoms with van der Waals surface area (Å²) < 4.78 is 46.0. The van der Waals surface area contributed by atoms with Crippen molar-refractivity contribution in [2.75, 3.05) is 37.6 Å². The van der Waals surface area contributed by atoms with Crippen LogP contribution in [0.15, 0.2) is 12.3 Å². The lowest BCUT2D eigenvalue weighted by Crippen LogP contribution is -2.63. The molecule has 3 heterocycles. The number of carbonyl (C=O) groups excluding carboxylic acids is 2. The Balaban J connectivity index is 1.68. The standard InChI is InChI=1S/C25H36F3N7O3/c1-16-7-8-34(16)21-31-18(11-19(32-21)25(26,27)28)17(12-29)13-30-14-20(36)33-9-10-35(24(5,6)15-33)22(37)38-23(2,3)4/h11-13,16,29-30H,7-10,14-15H2,1-6H3/b17-13+,29-12?/t16-/m0/s1. The van der Waals surface area contributed by atoms with Crippen molar-refractivity contribution in [2.24, 2.45) is 0 Å². The Morgan fingerprint density at radius 1 is 1.21 bits per heavy atom. The van der Waals surface area contributed by atoms with E-state index in [4.69, 9.17) is 10.1 Å². The largest absolute Gasteiger partial charge is 0.444 e. The van der Waals surface area contributed by atoms with Crippen molar-refractivity contribution in [3.63, 3.8) is 0 Å². The van der Waals surface area contributed by atoms with Crippen LogP contribution in [0.4, 0.5) is 23.9 Å². The molecule has 3 rings (SSSR count). The Labute approximate surface area is 220 Å². The SMILES string of the molecule is C[C@H]1CCN1c1nc(/C(C=N)=C/NCC(=O)N2CCN(C(=O)OC(C)(C)C)C(C)(C)C2)cc(C(F)(F)F)n1. The summed E-state index contributed by atoms with van der Waals surface area (Å²) in [5.74, 6) is -0.293. The van der Waals surface area contributed by atoms with E-state index in [0.29, 0.717) is 19.6 Å². The molecular weight excluding hydrogens is 503 g/mol. The van der Waals surface area contributed by atoms with Gasteiger partial charge in [0.1, 0.15) is 5.60 Å². The average molecular weight is 540 g/mol. The molecule has 0 saturated carbocycles. The number of nitrogens with one attached hydrogen (secondary N) is 2. The predicted molar refractivity (Wildman–Crippen MR) is 137 cm³/mol. The summed E-state index contributed by atoms with van der Waals surface area (Å²) >= 11 is 0. The molecule has 210 valence electrons. The van der Waals surface area contributed by atoms with E-state index in [-0.39, 0.29) is 42.3 Å². The van der Waals surface area contributed by atoms with E-state index >= 15 is 0 Å². The number of rotatable bonds is 6. The van der Waals surface area contributed by atoms with Gasteiger partial charge in [-0.05, 0) is 54.0 Å². The van der Waals surface area contributed by atoms with Gasteiger partial charge >= 0.3 is 12.3 Å². The predicted octanol–water partition coefficient (Wildman–Crippen LogP) is 3.53. The number of allylic oxidation sites excluding steroid dienone is 1. The van der Waals surface area contributed by atoms with Gasteiger partial charge in [-0.15, -0.1) is 0 Å². The van der Waals surface area contributed by atoms with Crippen molar-refractivity contribution < 1.29 is 27.5 Å². The van der Waals surface area contributed by atoms with Crippen LogP contribution in [0.5, 0.6) is 0 Å². The van der Waals surface area contributed by atoms with Crippen LogP contribution < -0.4 is 10.2 Å². The van der Waals surface area contributed by atoms with Gasteiger partial charge in [-0.25, -0.2) is 14.8 Å². The van der Waals surface area contributed by atoms with Gasteiger partial charge in [0.25, 0.3) is 0 Å². The highest BCUT2D eigenvalue weighted by atomic mass is 19.4. The van der Waals surface area contributed by atoms with Crippen molar-refractivity contribution in [2.45, 2.75) is 71.3 Å². The molecule has 2 aliphatic rings. The molecule has 2 amide bonds. The zero-order valence-electron chi connectivity index (χ0n) is 22.6. The number of anilines is 1. The summed E-state index contributed by atoms with van der Waals surface area (Å²) in [5.41, 5.74) is -2.38. The summed E-state index contributed by atoms with van der Waals surface area (Å²) in [7, 11) is 0. The highest BCUT2D eigenvalue weighted by Crippen LogP contribution is 2.32. The van der Waals surface area contributed by atoms with Crippen molar-refractivity contribution >= 4 is 29.7 Å². The van der Waals surface area contributed by atoms with Crippen LogP contribution in [-0.4, -0.2) is 87.9 Å². The Bertz CT molecular complexity index is 1100. The monoisotopic (exact) mass is 539 g/mol. The van der Waals surface area contributed by atoms with Crippen molar-refractivity contribution in [3.05, 3.63) is 23.7 Å². The molecule has 0 unspecified atom stereocenters. The average Bonchev–Trinajstić information content (AvgIpc) is 2.78. The van der Waals surface area contributed by atoms with Gasteiger partial charge in [0.15, 0.2) is 5.69 Å². The first kappa shape index (κ1) is 29.2. The zero-order valence-corrected chi connectivity index (χ0v) is 22.6. The molecular formula is C25H36F3N7O3. The Kier molecular flexibility index (Phi) is 8.27. The highest BCUT2D eigenvalue weighted by molar-refractivity contribution is 6.07. The van der Waals surface area contributed by atoms with Crippen LogP contribution in [0.3, 0.4) is 0 Å². The van der Waals surface area contributed by atoms with E-state index in [1.54, 1.807) is 35.5 Å². The number of hydrogen-bond acceptors (Lipinski definition) is 8. The van der Waals surface area contributed by atoms with Crippen LogP contribution in [0.25, 0.3) is 5.57 Å². The normalized spacial score (nSPS) is 20.1. The molecule has 2 fully saturated rings. The minimum Gasteiger partial charge on any atom is -0.444 e. The van der Waals surface area contributed by atoms with Gasteiger partial charge in [-0.2, -0.15) is 13.2 Å². The number of halogens is 3. The number of carbonyl (C=O) groups is 2. The lowest BCUT2D eigenvalue weighted by molar-refractivity contribution is -0.141. The zero-order chi connectivity index (χ0) is 28.5. The Hall–Kier alpha value is -3.38. The summed E-state index contributed by atoms with van der Waals surface area (Å²) in [6.07, 6.45) is -2.11. The second kappa shape index (κ2) is 10.8. The molecule has 1 aromatic heterocycles. The summed E-state index contributed by atoms with van der Waals surface area (Å²) in [4.78, 5) is 38.3. The number of amides is 2. The quantitative estimate of drug-likeness (QED) is 0.532. The second-order valence-corrected chi connectivity index (χ2v) is 11.2. The number of piperazine rings is 1. The van der Waals surface area contributed by atoms with Crippen molar-refractivity contribution in [1.82, 2.24) is 25.1 Å². The first-order valence-electron chi connectivity index (χ1n) is 12.5. The molecule has 0 bridgehead atoms. The number of alkyl halides is 3. The van der Waals surface area contributed by atoms with E-state index < -0.39 is 29.1 Å². The summed E-state index contributed by atoms with van der Waals surface area (Å²) in [5, 5.41) is 10.5. The minimum absolute atomic E-state index is 0.0227. The smallest absolute Gasteiger partial charge is 0.433 e. The number of hydrogen-bond donors (Lipinski definition) is 2. The van der Waals surface area contributed by atoms with E-state index in [1.165, 1.54) is 6.20 Å². The number of nitrogens with zero attached hydrogens (tertiary/aromatic N) is 5. The van der Waals surface area contributed by atoms with Gasteiger partial charge in [-0.1, -0.05) is 0 Å². The second-order valence-electron chi connectivity index (χ2n) is 11.2. The Morgan fingerprint density at radius 2 is 1.89 bits per heavy atom. The fourth-order valence-corrected chi connectivity index (χ4v) is 4.24. The van der Waals surface area contributed by atoms with Gasteiger partial charge < -0.3 is 25.3 Å². The lowest BCUT2D eigenvalue weighted by atomic mass is 9.99. The third-order valence-corrected chi connectivity index (χ3v) is 6.41. The van der Waals surface area contributed by atoms with Crippen molar-refractivity contribution in [1.29, 1.82) is 5.41 Å². The lowest BCUT2D eigenvalue weighted by Gasteiger charge is -2.47. The van der Waals surface area contributed by atoms with Crippen LogP contribution in [0.1, 0.15) is 59.4 Å². The molecule has 2 N–H and O–H groups in total. The molecule has 13 heteroatoms. The maximum absolute atomic E-state index is 13.5. The molecule has 2 saturated heterocycles. The van der Waals surface area contributed by atoms with E-state index in [2.05, 4.69) is 15.3 Å². The first-order chi connectivity index (χ1) is 17.5. The highest BCUT2D eigenvalue weighted by Gasteiger charge is 2.40. The molecule has 38 heavy (non-hydrogen) atoms. The van der Waals surface area contributed by atoms with Crippen molar-refractivity contribution in [3.8, 4) is 0 Å². The first-order valence-corrected chi connectivity index (χ1v) is 12.5. The number of aromatic nitrogens is 2. The molecule has 2 aliphatic heterocycles. The van der Waals surface area contributed by atoms with E-state index in [1.807, 2.05) is 20.8 Å². The van der Waals surface area contributed by atoms with Gasteiger partial charge in [-0.3, -0.25) is 9.69 Å². The summed E-state index contributed by atoms with van der Waals surface area (Å²) in [6, 6.07) is 0.821. The molecule has 10 nitrogen and oxygen atoms in total. The number of ether oxygens (including phenoxy) is 1. The molecule has 0 spiro atoms. The fourth-order valence-electron chi connectivity index (χ4n) is 4.24. The third kappa shape index (κ3) is 6.93. The molecule has 0 aliphatic carbocycles. The molecule has 1 atom stereocenters. The van der Waals surface area contributed by atoms with Crippen LogP contribution in [0, 0.1) is 5.41 Å².